The van der Waals surface area contributed by atoms with Gasteiger partial charge in [0.25, 0.3) is 0 Å². The van der Waals surface area contributed by atoms with E-state index in [2.05, 4.69) is 42.1 Å². The maximum atomic E-state index is 5.01. The van der Waals surface area contributed by atoms with Crippen molar-refractivity contribution in [2.24, 2.45) is 0 Å². The number of nitrogens with zero attached hydrogens (tertiary/aromatic N) is 1. The second-order valence-corrected chi connectivity index (χ2v) is 5.56. The lowest BCUT2D eigenvalue weighted by atomic mass is 10.2. The van der Waals surface area contributed by atoms with Gasteiger partial charge in [0.2, 0.25) is 0 Å². The lowest BCUT2D eigenvalue weighted by molar-refractivity contribution is 0.638. The van der Waals surface area contributed by atoms with Gasteiger partial charge in [-0.1, -0.05) is 0 Å². The van der Waals surface area contributed by atoms with Gasteiger partial charge in [0.15, 0.2) is 10.2 Å². The highest BCUT2D eigenvalue weighted by Crippen LogP contribution is 2.03. The highest BCUT2D eigenvalue weighted by Gasteiger charge is 2.04. The summed E-state index contributed by atoms with van der Waals surface area (Å²) in [5, 5.41) is 27.1. The van der Waals surface area contributed by atoms with Crippen LogP contribution in [0.25, 0.3) is 0 Å². The molecule has 0 aliphatic heterocycles. The van der Waals surface area contributed by atoms with Crippen molar-refractivity contribution in [2.45, 2.75) is 13.1 Å². The monoisotopic (exact) mass is 358 g/mol. The Bertz CT molecular complexity index is 436. The average Bonchev–Trinajstić information content (AvgIpc) is 3.01. The predicted octanol–water partition coefficient (Wildman–Crippen LogP) is -1.22. The van der Waals surface area contributed by atoms with E-state index in [1.165, 1.54) is 0 Å². The molecule has 0 saturated carbocycles. The molecule has 0 saturated heterocycles. The molecule has 7 N–H and O–H groups in total. The van der Waals surface area contributed by atoms with Crippen LogP contribution in [0.2, 0.25) is 0 Å². The van der Waals surface area contributed by atoms with Crippen LogP contribution in [0.4, 0.5) is 0 Å². The number of hydrogen-bond acceptors (Lipinski definition) is 5. The number of thiocarbonyl (C=S) groups is 2. The van der Waals surface area contributed by atoms with E-state index in [1.54, 1.807) is 14.1 Å². The summed E-state index contributed by atoms with van der Waals surface area (Å²) >= 11 is 10.0. The molecule has 130 valence electrons. The van der Waals surface area contributed by atoms with E-state index in [4.69, 9.17) is 24.4 Å². The van der Waals surface area contributed by atoms with Gasteiger partial charge >= 0.3 is 0 Å². The molecule has 8 nitrogen and oxygen atoms in total. The maximum Gasteiger partial charge on any atom is 0.166 e. The van der Waals surface area contributed by atoms with Crippen molar-refractivity contribution >= 4 is 34.7 Å². The molecule has 10 heteroatoms. The predicted molar refractivity (Wildman–Crippen MR) is 101 cm³/mol. The van der Waals surface area contributed by atoms with Crippen molar-refractivity contribution in [1.82, 2.24) is 42.1 Å². The SMILES string of the molecule is CNC(=S)NCCNCc1cn[nH]c1CNCCNC(=S)NC. The highest BCUT2D eigenvalue weighted by atomic mass is 32.1. The fourth-order valence-corrected chi connectivity index (χ4v) is 1.99. The van der Waals surface area contributed by atoms with Crippen molar-refractivity contribution in [3.63, 3.8) is 0 Å². The smallest absolute Gasteiger partial charge is 0.166 e. The molecule has 0 radical (unpaired) electrons. The van der Waals surface area contributed by atoms with E-state index in [0.29, 0.717) is 10.2 Å². The molecule has 0 unspecified atom stereocenters. The van der Waals surface area contributed by atoms with Crippen molar-refractivity contribution in [3.05, 3.63) is 17.5 Å². The Morgan fingerprint density at radius 1 is 0.957 bits per heavy atom. The van der Waals surface area contributed by atoms with Crippen LogP contribution >= 0.6 is 24.4 Å². The summed E-state index contributed by atoms with van der Waals surface area (Å²) in [6.45, 7) is 4.71. The summed E-state index contributed by atoms with van der Waals surface area (Å²) in [6, 6.07) is 0. The molecule has 0 spiro atoms. The van der Waals surface area contributed by atoms with Crippen LogP contribution in [0.5, 0.6) is 0 Å². The van der Waals surface area contributed by atoms with E-state index in [9.17, 15) is 0 Å². The summed E-state index contributed by atoms with van der Waals surface area (Å²) in [6.07, 6.45) is 1.85. The van der Waals surface area contributed by atoms with Gasteiger partial charge in [0.05, 0.1) is 11.9 Å². The first-order chi connectivity index (χ1) is 11.2. The lowest BCUT2D eigenvalue weighted by Gasteiger charge is -2.10. The fraction of sp³-hybridized carbons (Fsp3) is 0.615. The number of aromatic amines is 1. The second kappa shape index (κ2) is 12.0. The van der Waals surface area contributed by atoms with Crippen molar-refractivity contribution < 1.29 is 0 Å². The van der Waals surface area contributed by atoms with Gasteiger partial charge in [-0.2, -0.15) is 5.10 Å². The first-order valence-electron chi connectivity index (χ1n) is 7.51. The molecule has 1 aromatic rings. The molecule has 0 amide bonds. The van der Waals surface area contributed by atoms with Gasteiger partial charge in [0, 0.05) is 58.9 Å². The van der Waals surface area contributed by atoms with Crippen LogP contribution in [0, 0.1) is 0 Å². The molecule has 0 fully saturated rings. The lowest BCUT2D eigenvalue weighted by Crippen LogP contribution is -2.37. The largest absolute Gasteiger partial charge is 0.366 e. The van der Waals surface area contributed by atoms with Gasteiger partial charge in [-0.25, -0.2) is 0 Å². The Labute approximate surface area is 147 Å². The summed E-state index contributed by atoms with van der Waals surface area (Å²) in [7, 11) is 3.60. The zero-order valence-corrected chi connectivity index (χ0v) is 15.2. The number of hydrogen-bond donors (Lipinski definition) is 7. The van der Waals surface area contributed by atoms with E-state index >= 15 is 0 Å². The summed E-state index contributed by atoms with van der Waals surface area (Å²) in [5.41, 5.74) is 2.25. The molecule has 1 aromatic heterocycles. The molecule has 23 heavy (non-hydrogen) atoms. The Hall–Kier alpha value is -1.49. The molecule has 0 aliphatic rings. The minimum absolute atomic E-state index is 0.657. The average molecular weight is 359 g/mol. The topological polar surface area (TPSA) is 101 Å². The van der Waals surface area contributed by atoms with Gasteiger partial charge in [-0.3, -0.25) is 5.10 Å². The van der Waals surface area contributed by atoms with Crippen molar-refractivity contribution in [2.75, 3.05) is 40.3 Å². The van der Waals surface area contributed by atoms with Crippen LogP contribution in [0.1, 0.15) is 11.3 Å². The highest BCUT2D eigenvalue weighted by molar-refractivity contribution is 7.80. The first-order valence-corrected chi connectivity index (χ1v) is 8.32. The number of H-pyrrole nitrogens is 1. The zero-order valence-electron chi connectivity index (χ0n) is 13.6. The van der Waals surface area contributed by atoms with E-state index in [0.717, 1.165) is 50.5 Å². The Balaban J connectivity index is 2.15. The fourth-order valence-electron chi connectivity index (χ4n) is 1.79. The minimum Gasteiger partial charge on any atom is -0.366 e. The molecular formula is C13H26N8S2. The van der Waals surface area contributed by atoms with Gasteiger partial charge in [-0.05, 0) is 24.4 Å². The normalized spacial score (nSPS) is 10.2. The van der Waals surface area contributed by atoms with Crippen molar-refractivity contribution in [3.8, 4) is 0 Å². The van der Waals surface area contributed by atoms with Crippen LogP contribution in [0.15, 0.2) is 6.20 Å². The van der Waals surface area contributed by atoms with Gasteiger partial charge in [-0.15, -0.1) is 0 Å². The number of aromatic nitrogens is 2. The summed E-state index contributed by atoms with van der Waals surface area (Å²) in [4.78, 5) is 0. The Morgan fingerprint density at radius 2 is 1.52 bits per heavy atom. The molecular weight excluding hydrogens is 332 g/mol. The van der Waals surface area contributed by atoms with Gasteiger partial charge < -0.3 is 31.9 Å². The number of nitrogens with one attached hydrogen (secondary N) is 7. The Morgan fingerprint density at radius 3 is 2.09 bits per heavy atom. The standard InChI is InChI=1S/C13H26N8S2/c1-14-12(22)18-5-3-16-7-10-8-20-21-11(10)9-17-4-6-19-13(23)15-2/h8,16-17H,3-7,9H2,1-2H3,(H,20,21)(H2,14,18,22)(H2,15,19,23). The minimum atomic E-state index is 0.657. The van der Waals surface area contributed by atoms with E-state index < -0.39 is 0 Å². The Kier molecular flexibility index (Phi) is 10.2. The maximum absolute atomic E-state index is 5.01. The molecule has 1 heterocycles. The van der Waals surface area contributed by atoms with E-state index in [1.807, 2.05) is 6.20 Å². The third-order valence-corrected chi connectivity index (χ3v) is 3.75. The van der Waals surface area contributed by atoms with Crippen LogP contribution < -0.4 is 31.9 Å². The molecule has 0 bridgehead atoms. The molecule has 0 aromatic carbocycles. The van der Waals surface area contributed by atoms with Crippen molar-refractivity contribution in [1.29, 1.82) is 0 Å². The van der Waals surface area contributed by atoms with Crippen LogP contribution in [-0.4, -0.2) is 60.7 Å². The summed E-state index contributed by atoms with van der Waals surface area (Å²) < 4.78 is 0. The molecule has 0 aliphatic carbocycles. The number of rotatable bonds is 10. The first kappa shape index (κ1) is 19.6. The van der Waals surface area contributed by atoms with E-state index in [-0.39, 0.29) is 0 Å². The van der Waals surface area contributed by atoms with Gasteiger partial charge in [0.1, 0.15) is 0 Å². The quantitative estimate of drug-likeness (QED) is 0.205. The van der Waals surface area contributed by atoms with Crippen LogP contribution in [0.3, 0.4) is 0 Å². The summed E-state index contributed by atoms with van der Waals surface area (Å²) in [5.74, 6) is 0. The zero-order chi connectivity index (χ0) is 16.9. The second-order valence-electron chi connectivity index (χ2n) is 4.74. The third kappa shape index (κ3) is 8.65. The van der Waals surface area contributed by atoms with Crippen LogP contribution in [-0.2, 0) is 13.1 Å². The molecule has 0 atom stereocenters. The third-order valence-electron chi connectivity index (χ3n) is 3.05. The molecule has 1 rings (SSSR count).